The number of nitrogens with one attached hydrogen (secondary N) is 1. The predicted molar refractivity (Wildman–Crippen MR) is 109 cm³/mol. The smallest absolute Gasteiger partial charge is 0.225 e. The van der Waals surface area contributed by atoms with Crippen molar-refractivity contribution in [3.05, 3.63) is 60.3 Å². The van der Waals surface area contributed by atoms with E-state index in [2.05, 4.69) is 15.2 Å². The Hall–Kier alpha value is -3.15. The first-order chi connectivity index (χ1) is 13.7. The molecule has 1 fully saturated rings. The minimum atomic E-state index is -0.0414. The van der Waals surface area contributed by atoms with Crippen LogP contribution in [-0.2, 0) is 11.3 Å². The third-order valence-electron chi connectivity index (χ3n) is 5.18. The highest BCUT2D eigenvalue weighted by Crippen LogP contribution is 2.23. The summed E-state index contributed by atoms with van der Waals surface area (Å²) in [5.74, 6) is 1.70. The van der Waals surface area contributed by atoms with Gasteiger partial charge in [-0.05, 0) is 42.7 Å². The predicted octanol–water partition coefficient (Wildman–Crippen LogP) is 3.17. The zero-order chi connectivity index (χ0) is 19.3. The van der Waals surface area contributed by atoms with E-state index in [1.54, 1.807) is 13.3 Å². The molecule has 144 valence electrons. The van der Waals surface area contributed by atoms with E-state index in [0.29, 0.717) is 13.1 Å². The molecule has 0 aliphatic carbocycles. The molecule has 1 aromatic heterocycles. The number of fused-ring (bicyclic) bond motifs is 1. The summed E-state index contributed by atoms with van der Waals surface area (Å²) >= 11 is 0. The second kappa shape index (κ2) is 8.25. The summed E-state index contributed by atoms with van der Waals surface area (Å²) in [7, 11) is 1.64. The highest BCUT2D eigenvalue weighted by Gasteiger charge is 2.26. The maximum atomic E-state index is 12.7. The van der Waals surface area contributed by atoms with Gasteiger partial charge in [-0.3, -0.25) is 9.78 Å². The van der Waals surface area contributed by atoms with E-state index < -0.39 is 0 Å². The fourth-order valence-electron chi connectivity index (χ4n) is 3.58. The Morgan fingerprint density at radius 2 is 1.96 bits per heavy atom. The number of methoxy groups -OCH3 is 1. The normalized spacial score (nSPS) is 16.8. The largest absolute Gasteiger partial charge is 0.497 e. The zero-order valence-corrected chi connectivity index (χ0v) is 16.0. The van der Waals surface area contributed by atoms with Crippen LogP contribution in [0.2, 0.25) is 0 Å². The molecule has 0 unspecified atom stereocenters. The number of anilines is 1. The summed E-state index contributed by atoms with van der Waals surface area (Å²) in [5, 5.41) is 3.07. The monoisotopic (exact) mass is 376 g/mol. The van der Waals surface area contributed by atoms with Crippen LogP contribution >= 0.6 is 0 Å². The van der Waals surface area contributed by atoms with E-state index in [4.69, 9.17) is 9.72 Å². The number of nitrogens with zero attached hydrogens (tertiary/aromatic N) is 3. The molecule has 0 radical (unpaired) electrons. The molecule has 6 nitrogen and oxygen atoms in total. The van der Waals surface area contributed by atoms with Gasteiger partial charge in [-0.2, -0.15) is 0 Å². The Morgan fingerprint density at radius 1 is 1.18 bits per heavy atom. The van der Waals surface area contributed by atoms with Crippen molar-refractivity contribution in [1.82, 2.24) is 15.3 Å². The van der Waals surface area contributed by atoms with E-state index in [9.17, 15) is 4.79 Å². The van der Waals surface area contributed by atoms with Crippen molar-refractivity contribution in [3.8, 4) is 5.75 Å². The number of carbonyl (C=O) groups is 1. The molecule has 28 heavy (non-hydrogen) atoms. The summed E-state index contributed by atoms with van der Waals surface area (Å²) in [6.07, 6.45) is 3.67. The molecule has 2 aromatic carbocycles. The third kappa shape index (κ3) is 4.06. The van der Waals surface area contributed by atoms with Gasteiger partial charge in [-0.1, -0.05) is 24.3 Å². The third-order valence-corrected chi connectivity index (χ3v) is 5.18. The maximum Gasteiger partial charge on any atom is 0.225 e. The lowest BCUT2D eigenvalue weighted by Gasteiger charge is -2.32. The number of carbonyl (C=O) groups excluding carboxylic acids is 1. The van der Waals surface area contributed by atoms with Gasteiger partial charge in [0.2, 0.25) is 5.91 Å². The van der Waals surface area contributed by atoms with Crippen LogP contribution in [0.25, 0.3) is 11.0 Å². The Balaban J connectivity index is 1.38. The highest BCUT2D eigenvalue weighted by molar-refractivity contribution is 5.80. The molecule has 1 saturated heterocycles. The number of para-hydroxylation sites is 2. The molecular weight excluding hydrogens is 352 g/mol. The van der Waals surface area contributed by atoms with Crippen molar-refractivity contribution < 1.29 is 9.53 Å². The Kier molecular flexibility index (Phi) is 5.37. The minimum absolute atomic E-state index is 0.0414. The van der Waals surface area contributed by atoms with Crippen molar-refractivity contribution in [3.63, 3.8) is 0 Å². The molecule has 1 aliphatic heterocycles. The molecule has 0 bridgehead atoms. The van der Waals surface area contributed by atoms with Crippen LogP contribution in [0.5, 0.6) is 5.75 Å². The molecule has 0 spiro atoms. The molecule has 1 N–H and O–H groups in total. The van der Waals surface area contributed by atoms with Gasteiger partial charge in [0.1, 0.15) is 11.6 Å². The van der Waals surface area contributed by atoms with Crippen molar-refractivity contribution in [2.75, 3.05) is 25.1 Å². The van der Waals surface area contributed by atoms with E-state index in [0.717, 1.165) is 47.6 Å². The lowest BCUT2D eigenvalue weighted by molar-refractivity contribution is -0.125. The van der Waals surface area contributed by atoms with Gasteiger partial charge in [0.15, 0.2) is 0 Å². The van der Waals surface area contributed by atoms with Gasteiger partial charge in [-0.15, -0.1) is 0 Å². The van der Waals surface area contributed by atoms with Gasteiger partial charge >= 0.3 is 0 Å². The number of piperidine rings is 1. The first kappa shape index (κ1) is 18.2. The molecule has 2 heterocycles. The lowest BCUT2D eigenvalue weighted by atomic mass is 9.97. The zero-order valence-electron chi connectivity index (χ0n) is 16.0. The van der Waals surface area contributed by atoms with Crippen molar-refractivity contribution >= 4 is 22.8 Å². The number of amides is 1. The second-order valence-corrected chi connectivity index (χ2v) is 7.07. The minimum Gasteiger partial charge on any atom is -0.497 e. The number of hydrogen-bond acceptors (Lipinski definition) is 5. The van der Waals surface area contributed by atoms with Crippen LogP contribution in [-0.4, -0.2) is 36.1 Å². The summed E-state index contributed by atoms with van der Waals surface area (Å²) in [6.45, 7) is 2.09. The fourth-order valence-corrected chi connectivity index (χ4v) is 3.58. The molecule has 3 aromatic rings. The second-order valence-electron chi connectivity index (χ2n) is 7.07. The van der Waals surface area contributed by atoms with Crippen LogP contribution in [0.3, 0.4) is 0 Å². The first-order valence-corrected chi connectivity index (χ1v) is 9.60. The van der Waals surface area contributed by atoms with E-state index in [1.165, 1.54) is 0 Å². The van der Waals surface area contributed by atoms with Crippen LogP contribution in [0.15, 0.2) is 54.7 Å². The van der Waals surface area contributed by atoms with Crippen LogP contribution in [0, 0.1) is 5.92 Å². The van der Waals surface area contributed by atoms with Gasteiger partial charge in [0, 0.05) is 19.6 Å². The molecule has 1 amide bonds. The summed E-state index contributed by atoms with van der Waals surface area (Å²) in [4.78, 5) is 24.1. The fraction of sp³-hybridized carbons (Fsp3) is 0.318. The lowest BCUT2D eigenvalue weighted by Crippen LogP contribution is -2.43. The standard InChI is InChI=1S/C22H24N4O2/c1-28-18-10-8-16(9-11-18)13-24-22(27)17-5-4-12-26(15-17)21-14-23-19-6-2-3-7-20(19)25-21/h2-3,6-11,14,17H,4-5,12-13,15H2,1H3,(H,24,27)/t17-/m1/s1. The molecule has 1 atom stereocenters. The summed E-state index contributed by atoms with van der Waals surface area (Å²) in [6, 6.07) is 15.6. The quantitative estimate of drug-likeness (QED) is 0.741. The first-order valence-electron chi connectivity index (χ1n) is 9.60. The molecular formula is C22H24N4O2. The molecule has 6 heteroatoms. The van der Waals surface area contributed by atoms with Crippen LogP contribution < -0.4 is 15.0 Å². The van der Waals surface area contributed by atoms with E-state index in [1.807, 2.05) is 48.5 Å². The van der Waals surface area contributed by atoms with Gasteiger partial charge < -0.3 is 15.0 Å². The van der Waals surface area contributed by atoms with Gasteiger partial charge in [0.05, 0.1) is 30.3 Å². The number of rotatable bonds is 5. The number of hydrogen-bond donors (Lipinski definition) is 1. The maximum absolute atomic E-state index is 12.7. The van der Waals surface area contributed by atoms with Crippen molar-refractivity contribution in [2.45, 2.75) is 19.4 Å². The highest BCUT2D eigenvalue weighted by atomic mass is 16.5. The van der Waals surface area contributed by atoms with Gasteiger partial charge in [0.25, 0.3) is 0 Å². The molecule has 1 aliphatic rings. The number of benzene rings is 2. The Bertz CT molecular complexity index is 958. The van der Waals surface area contributed by atoms with Crippen molar-refractivity contribution in [1.29, 1.82) is 0 Å². The van der Waals surface area contributed by atoms with E-state index in [-0.39, 0.29) is 11.8 Å². The topological polar surface area (TPSA) is 67.3 Å². The molecule has 4 rings (SSSR count). The SMILES string of the molecule is COc1ccc(CNC(=O)[C@@H]2CCCN(c3cnc4ccccc4n3)C2)cc1. The van der Waals surface area contributed by atoms with E-state index >= 15 is 0 Å². The average Bonchev–Trinajstić information content (AvgIpc) is 2.77. The number of aromatic nitrogens is 2. The van der Waals surface area contributed by atoms with Crippen LogP contribution in [0.1, 0.15) is 18.4 Å². The summed E-state index contributed by atoms with van der Waals surface area (Å²) < 4.78 is 5.17. The Morgan fingerprint density at radius 3 is 2.75 bits per heavy atom. The number of ether oxygens (including phenoxy) is 1. The van der Waals surface area contributed by atoms with Gasteiger partial charge in [-0.25, -0.2) is 4.98 Å². The van der Waals surface area contributed by atoms with Crippen molar-refractivity contribution in [2.24, 2.45) is 5.92 Å². The summed E-state index contributed by atoms with van der Waals surface area (Å²) in [5.41, 5.74) is 2.82. The van der Waals surface area contributed by atoms with Crippen LogP contribution in [0.4, 0.5) is 5.82 Å². The molecule has 0 saturated carbocycles. The Labute approximate surface area is 164 Å². The average molecular weight is 376 g/mol.